The molecule has 1 aromatic carbocycles. The number of halogens is 1. The quantitative estimate of drug-likeness (QED) is 0.805. The zero-order chi connectivity index (χ0) is 15.8. The summed E-state index contributed by atoms with van der Waals surface area (Å²) in [5.41, 5.74) is 1.53. The molecule has 0 aliphatic carbocycles. The van der Waals surface area contributed by atoms with E-state index in [2.05, 4.69) is 20.6 Å². The topological polar surface area (TPSA) is 64.3 Å². The second-order valence-corrected chi connectivity index (χ2v) is 5.47. The molecule has 118 valence electrons. The zero-order valence-corrected chi connectivity index (χ0v) is 12.7. The molecule has 1 aliphatic heterocycles. The first-order valence-electron chi connectivity index (χ1n) is 7.64. The smallest absolute Gasteiger partial charge is 0.178 e. The minimum absolute atomic E-state index is 0.0408. The van der Waals surface area contributed by atoms with E-state index in [0.29, 0.717) is 18.1 Å². The highest BCUT2D eigenvalue weighted by atomic mass is 19.1. The number of hydrogen-bond acceptors (Lipinski definition) is 5. The minimum Gasteiger partial charge on any atom is -0.493 e. The van der Waals surface area contributed by atoms with Crippen LogP contribution in [0.2, 0.25) is 0 Å². The molecule has 0 bridgehead atoms. The van der Waals surface area contributed by atoms with Crippen LogP contribution in [0.5, 0.6) is 5.75 Å². The summed E-state index contributed by atoms with van der Waals surface area (Å²) in [7, 11) is 0. The highest BCUT2D eigenvalue weighted by molar-refractivity contribution is 5.48. The maximum Gasteiger partial charge on any atom is 0.178 e. The Morgan fingerprint density at radius 3 is 3.09 bits per heavy atom. The van der Waals surface area contributed by atoms with Gasteiger partial charge in [-0.3, -0.25) is 0 Å². The molecule has 0 radical (unpaired) electrons. The molecule has 7 heteroatoms. The van der Waals surface area contributed by atoms with Gasteiger partial charge in [0.2, 0.25) is 0 Å². The summed E-state index contributed by atoms with van der Waals surface area (Å²) < 4.78 is 20.9. The fraction of sp³-hybridized carbons (Fsp3) is 0.312. The van der Waals surface area contributed by atoms with Crippen molar-refractivity contribution in [3.8, 4) is 5.75 Å². The van der Waals surface area contributed by atoms with Crippen LogP contribution in [0.4, 0.5) is 10.2 Å². The molecule has 3 heterocycles. The zero-order valence-electron chi connectivity index (χ0n) is 12.7. The van der Waals surface area contributed by atoms with Crippen LogP contribution in [0.15, 0.2) is 30.3 Å². The van der Waals surface area contributed by atoms with Crippen molar-refractivity contribution in [2.24, 2.45) is 0 Å². The Kier molecular flexibility index (Phi) is 3.33. The monoisotopic (exact) mass is 313 g/mol. The van der Waals surface area contributed by atoms with Gasteiger partial charge in [-0.15, -0.1) is 15.3 Å². The van der Waals surface area contributed by atoms with E-state index >= 15 is 0 Å². The van der Waals surface area contributed by atoms with Crippen LogP contribution in [-0.4, -0.2) is 26.4 Å². The summed E-state index contributed by atoms with van der Waals surface area (Å²) in [4.78, 5) is 0. The molecule has 0 fully saturated rings. The van der Waals surface area contributed by atoms with Crippen LogP contribution < -0.4 is 10.1 Å². The van der Waals surface area contributed by atoms with Gasteiger partial charge >= 0.3 is 0 Å². The molecule has 0 amide bonds. The Labute approximate surface area is 132 Å². The van der Waals surface area contributed by atoms with E-state index < -0.39 is 0 Å². The number of ether oxygens (including phenoxy) is 1. The van der Waals surface area contributed by atoms with E-state index in [1.165, 1.54) is 12.1 Å². The van der Waals surface area contributed by atoms with Crippen molar-refractivity contribution in [3.05, 3.63) is 47.5 Å². The maximum absolute atomic E-state index is 13.6. The van der Waals surface area contributed by atoms with Crippen molar-refractivity contribution >= 4 is 11.5 Å². The van der Waals surface area contributed by atoms with Crippen LogP contribution in [-0.2, 0) is 6.42 Å². The van der Waals surface area contributed by atoms with Gasteiger partial charge in [0.25, 0.3) is 0 Å². The number of fused-ring (bicyclic) bond motifs is 2. The molecule has 4 rings (SSSR count). The number of aromatic nitrogens is 4. The number of benzene rings is 1. The number of nitrogens with one attached hydrogen (secondary N) is 1. The average molecular weight is 313 g/mol. The Morgan fingerprint density at radius 1 is 1.30 bits per heavy atom. The molecule has 6 nitrogen and oxygen atoms in total. The predicted molar refractivity (Wildman–Crippen MR) is 83.0 cm³/mol. The van der Waals surface area contributed by atoms with Crippen LogP contribution >= 0.6 is 0 Å². The van der Waals surface area contributed by atoms with Crippen LogP contribution in [0.25, 0.3) is 5.65 Å². The molecule has 1 unspecified atom stereocenters. The SMILES string of the molecule is CCc1nnc2ccc(NC3CCOc4ccc(F)cc43)nn12. The lowest BCUT2D eigenvalue weighted by Crippen LogP contribution is -2.21. The average Bonchev–Trinajstić information content (AvgIpc) is 2.98. The van der Waals surface area contributed by atoms with Crippen molar-refractivity contribution < 1.29 is 9.13 Å². The summed E-state index contributed by atoms with van der Waals surface area (Å²) in [5.74, 6) is 1.96. The molecule has 2 aromatic heterocycles. The number of rotatable bonds is 3. The van der Waals surface area contributed by atoms with Gasteiger partial charge < -0.3 is 10.1 Å². The van der Waals surface area contributed by atoms with E-state index in [9.17, 15) is 4.39 Å². The van der Waals surface area contributed by atoms with Crippen LogP contribution in [0.1, 0.15) is 30.8 Å². The summed E-state index contributed by atoms with van der Waals surface area (Å²) in [6, 6.07) is 8.29. The highest BCUT2D eigenvalue weighted by Gasteiger charge is 2.22. The van der Waals surface area contributed by atoms with Crippen molar-refractivity contribution in [1.82, 2.24) is 19.8 Å². The highest BCUT2D eigenvalue weighted by Crippen LogP contribution is 2.34. The minimum atomic E-state index is -0.267. The Morgan fingerprint density at radius 2 is 2.22 bits per heavy atom. The Hall–Kier alpha value is -2.70. The second-order valence-electron chi connectivity index (χ2n) is 5.47. The summed E-state index contributed by atoms with van der Waals surface area (Å²) in [6.45, 7) is 2.60. The van der Waals surface area contributed by atoms with Gasteiger partial charge in [0, 0.05) is 18.4 Å². The van der Waals surface area contributed by atoms with Crippen LogP contribution in [0.3, 0.4) is 0 Å². The summed E-state index contributed by atoms with van der Waals surface area (Å²) >= 11 is 0. The van der Waals surface area contributed by atoms with E-state index in [1.807, 2.05) is 19.1 Å². The first kappa shape index (κ1) is 13.9. The third-order valence-corrected chi connectivity index (χ3v) is 3.98. The predicted octanol–water partition coefficient (Wildman–Crippen LogP) is 2.76. The maximum atomic E-state index is 13.6. The van der Waals surface area contributed by atoms with Gasteiger partial charge in [-0.05, 0) is 30.3 Å². The van der Waals surface area contributed by atoms with Gasteiger partial charge in [-0.25, -0.2) is 4.39 Å². The van der Waals surface area contributed by atoms with Gasteiger partial charge in [0.15, 0.2) is 11.5 Å². The molecule has 1 aliphatic rings. The number of nitrogens with zero attached hydrogens (tertiary/aromatic N) is 4. The molecular formula is C16H16FN5O. The molecular weight excluding hydrogens is 297 g/mol. The summed E-state index contributed by atoms with van der Waals surface area (Å²) in [5, 5.41) is 16.1. The first-order chi connectivity index (χ1) is 11.2. The third-order valence-electron chi connectivity index (χ3n) is 3.98. The lowest BCUT2D eigenvalue weighted by Gasteiger charge is -2.27. The van der Waals surface area contributed by atoms with Crippen LogP contribution in [0, 0.1) is 5.82 Å². The van der Waals surface area contributed by atoms with E-state index in [4.69, 9.17) is 4.74 Å². The van der Waals surface area contributed by atoms with E-state index in [1.54, 1.807) is 10.6 Å². The normalized spacial score (nSPS) is 16.9. The number of anilines is 1. The fourth-order valence-corrected chi connectivity index (χ4v) is 2.82. The molecule has 1 N–H and O–H groups in total. The molecule has 0 saturated carbocycles. The lowest BCUT2D eigenvalue weighted by molar-refractivity contribution is 0.273. The van der Waals surface area contributed by atoms with Gasteiger partial charge in [0.05, 0.1) is 12.6 Å². The van der Waals surface area contributed by atoms with Crippen molar-refractivity contribution in [1.29, 1.82) is 0 Å². The van der Waals surface area contributed by atoms with Gasteiger partial charge in [-0.1, -0.05) is 6.92 Å². The standard InChI is InChI=1S/C16H16FN5O/c1-2-15-19-20-16-6-5-14(21-22(15)16)18-12-7-8-23-13-4-3-10(17)9-11(12)13/h3-6,9,12H,2,7-8H2,1H3,(H,18,21). The molecule has 0 saturated heterocycles. The number of aryl methyl sites for hydroxylation is 1. The lowest BCUT2D eigenvalue weighted by atomic mass is 10.0. The molecule has 1 atom stereocenters. The second kappa shape index (κ2) is 5.49. The van der Waals surface area contributed by atoms with E-state index in [-0.39, 0.29) is 11.9 Å². The molecule has 3 aromatic rings. The van der Waals surface area contributed by atoms with E-state index in [0.717, 1.165) is 30.0 Å². The van der Waals surface area contributed by atoms with Gasteiger partial charge in [-0.2, -0.15) is 4.52 Å². The Bertz CT molecular complexity index is 863. The summed E-state index contributed by atoms with van der Waals surface area (Å²) in [6.07, 6.45) is 1.50. The number of hydrogen-bond donors (Lipinski definition) is 1. The van der Waals surface area contributed by atoms with Crippen molar-refractivity contribution in [2.45, 2.75) is 25.8 Å². The molecule has 0 spiro atoms. The fourth-order valence-electron chi connectivity index (χ4n) is 2.82. The first-order valence-corrected chi connectivity index (χ1v) is 7.64. The third kappa shape index (κ3) is 2.48. The largest absolute Gasteiger partial charge is 0.493 e. The van der Waals surface area contributed by atoms with Crippen molar-refractivity contribution in [2.75, 3.05) is 11.9 Å². The molecule has 23 heavy (non-hydrogen) atoms. The van der Waals surface area contributed by atoms with Crippen molar-refractivity contribution in [3.63, 3.8) is 0 Å². The Balaban J connectivity index is 1.67. The van der Waals surface area contributed by atoms with Gasteiger partial charge in [0.1, 0.15) is 17.4 Å².